The van der Waals surface area contributed by atoms with E-state index in [0.29, 0.717) is 46.6 Å². The SMILES string of the molecule is COCC(NC(=O)C(C)NCc1ccc(Cl)cc1Oc1ccc(-c2cnc(CN(C)C)n2C)cc1)C(=O)N(C)C(CC(=O)N[C@H]1CCCC[C@@H]1N(C)C(=O)C(CC(=O)O)Cc1cccc(C)n1)Cc1ccc(Cl)cc1. The van der Waals surface area contributed by atoms with E-state index in [1.165, 1.54) is 12.0 Å². The molecule has 0 bridgehead atoms. The third-order valence-corrected chi connectivity index (χ3v) is 14.2. The number of likely N-dealkylation sites (N-methyl/N-ethyl adjacent to an activating group) is 2. The quantitative estimate of drug-likeness (QED) is 0.0458. The molecule has 4 unspecified atom stereocenters. The van der Waals surface area contributed by atoms with Crippen LogP contribution in [0.3, 0.4) is 0 Å². The summed E-state index contributed by atoms with van der Waals surface area (Å²) in [6.45, 7) is 4.33. The van der Waals surface area contributed by atoms with Gasteiger partial charge in [0.2, 0.25) is 23.6 Å². The summed E-state index contributed by atoms with van der Waals surface area (Å²) in [6, 6.07) is 22.2. The zero-order chi connectivity index (χ0) is 54.3. The number of halogens is 2. The van der Waals surface area contributed by atoms with Crippen LogP contribution in [-0.4, -0.2) is 136 Å². The van der Waals surface area contributed by atoms with Gasteiger partial charge in [0, 0.05) is 92.3 Å². The maximum atomic E-state index is 14.5. The second kappa shape index (κ2) is 27.4. The zero-order valence-electron chi connectivity index (χ0n) is 44.1. The third kappa shape index (κ3) is 16.6. The van der Waals surface area contributed by atoms with Crippen molar-refractivity contribution in [2.24, 2.45) is 13.0 Å². The number of imidazole rings is 1. The van der Waals surface area contributed by atoms with Crippen LogP contribution in [0.4, 0.5) is 0 Å². The van der Waals surface area contributed by atoms with Gasteiger partial charge in [-0.3, -0.25) is 29.0 Å². The lowest BCUT2D eigenvalue weighted by molar-refractivity contribution is -0.145. The Bertz CT molecular complexity index is 2740. The number of rotatable bonds is 25. The molecule has 0 aliphatic heterocycles. The fourth-order valence-electron chi connectivity index (χ4n) is 9.49. The van der Waals surface area contributed by atoms with Gasteiger partial charge < -0.3 is 49.8 Å². The van der Waals surface area contributed by atoms with Gasteiger partial charge in [-0.1, -0.05) is 60.3 Å². The number of benzene rings is 3. The van der Waals surface area contributed by atoms with E-state index in [1.54, 1.807) is 56.3 Å². The lowest BCUT2D eigenvalue weighted by atomic mass is 9.87. The Morgan fingerprint density at radius 3 is 2.27 bits per heavy atom. The highest BCUT2D eigenvalue weighted by Crippen LogP contribution is 2.31. The Morgan fingerprint density at radius 2 is 1.59 bits per heavy atom. The lowest BCUT2D eigenvalue weighted by Gasteiger charge is -2.40. The van der Waals surface area contributed by atoms with Gasteiger partial charge in [-0.15, -0.1) is 0 Å². The first-order valence-corrected chi connectivity index (χ1v) is 26.0. The summed E-state index contributed by atoms with van der Waals surface area (Å²) in [5.41, 5.74) is 4.93. The van der Waals surface area contributed by atoms with Crippen molar-refractivity contribution in [3.8, 4) is 22.8 Å². The molecule has 2 aromatic heterocycles. The summed E-state index contributed by atoms with van der Waals surface area (Å²) >= 11 is 12.7. The van der Waals surface area contributed by atoms with E-state index in [0.717, 1.165) is 46.7 Å². The topological polar surface area (TPSA) is 201 Å². The second-order valence-corrected chi connectivity index (χ2v) is 20.6. The van der Waals surface area contributed by atoms with Crippen LogP contribution in [0.5, 0.6) is 11.5 Å². The minimum atomic E-state index is -1.10. The van der Waals surface area contributed by atoms with Crippen molar-refractivity contribution in [1.29, 1.82) is 0 Å². The number of pyridine rings is 1. The molecule has 6 rings (SSSR count). The third-order valence-electron chi connectivity index (χ3n) is 13.7. The molecular weight excluding hydrogens is 998 g/mol. The Morgan fingerprint density at radius 1 is 0.880 bits per heavy atom. The maximum Gasteiger partial charge on any atom is 0.304 e. The lowest BCUT2D eigenvalue weighted by Crippen LogP contribution is -2.57. The van der Waals surface area contributed by atoms with Crippen LogP contribution in [0.2, 0.25) is 10.0 Å². The van der Waals surface area contributed by atoms with Crippen LogP contribution in [0.25, 0.3) is 11.3 Å². The van der Waals surface area contributed by atoms with Crippen LogP contribution in [0.15, 0.2) is 91.1 Å². The number of ether oxygens (including phenoxy) is 2. The van der Waals surface area contributed by atoms with Gasteiger partial charge in [-0.05, 0) is 113 Å². The van der Waals surface area contributed by atoms with Crippen LogP contribution >= 0.6 is 23.2 Å². The van der Waals surface area contributed by atoms with Crippen molar-refractivity contribution < 1.29 is 38.6 Å². The van der Waals surface area contributed by atoms with Crippen LogP contribution in [0, 0.1) is 12.8 Å². The second-order valence-electron chi connectivity index (χ2n) is 19.7. The number of carbonyl (C=O) groups is 5. The van der Waals surface area contributed by atoms with E-state index in [-0.39, 0.29) is 56.7 Å². The molecule has 0 radical (unpaired) electrons. The first-order chi connectivity index (χ1) is 35.8. The fourth-order valence-corrected chi connectivity index (χ4v) is 9.78. The fraction of sp³-hybridized carbons (Fsp3) is 0.446. The molecule has 1 aliphatic rings. The molecule has 4 amide bonds. The molecule has 5 aromatic rings. The van der Waals surface area contributed by atoms with E-state index in [9.17, 15) is 29.1 Å². The van der Waals surface area contributed by atoms with Crippen LogP contribution < -0.4 is 20.7 Å². The maximum absolute atomic E-state index is 14.5. The number of carboxylic acids is 1. The monoisotopic (exact) mass is 1070 g/mol. The number of aliphatic carboxylic acids is 1. The number of hydrogen-bond acceptors (Lipinski definition) is 11. The number of nitrogens with zero attached hydrogens (tertiary/aromatic N) is 6. The number of methoxy groups -OCH3 is 1. The largest absolute Gasteiger partial charge is 0.481 e. The zero-order valence-corrected chi connectivity index (χ0v) is 45.7. The Balaban J connectivity index is 1.10. The summed E-state index contributed by atoms with van der Waals surface area (Å²) < 4.78 is 13.9. The van der Waals surface area contributed by atoms with Crippen molar-refractivity contribution in [1.82, 2.24) is 45.2 Å². The molecule has 19 heteroatoms. The van der Waals surface area contributed by atoms with E-state index in [2.05, 4.69) is 35.4 Å². The van der Waals surface area contributed by atoms with Crippen molar-refractivity contribution in [2.75, 3.05) is 41.9 Å². The molecule has 75 heavy (non-hydrogen) atoms. The Hall–Kier alpha value is -6.37. The smallest absolute Gasteiger partial charge is 0.304 e. The predicted octanol–water partition coefficient (Wildman–Crippen LogP) is 7.24. The van der Waals surface area contributed by atoms with Crippen molar-refractivity contribution in [2.45, 2.75) is 109 Å². The summed E-state index contributed by atoms with van der Waals surface area (Å²) in [6.07, 6.45) is 4.71. The molecule has 4 N–H and O–H groups in total. The molecular formula is C56H71Cl2N9O8. The normalized spacial score (nSPS) is 16.1. The molecule has 1 saturated carbocycles. The Labute approximate surface area is 450 Å². The number of hydrogen-bond donors (Lipinski definition) is 4. The molecule has 2 heterocycles. The van der Waals surface area contributed by atoms with E-state index >= 15 is 0 Å². The number of carbonyl (C=O) groups excluding carboxylic acids is 4. The average Bonchev–Trinajstić information content (AvgIpc) is 3.73. The number of carboxylic acid groups (broad SMARTS) is 1. The number of aryl methyl sites for hydroxylation is 1. The first kappa shape index (κ1) is 57.9. The molecule has 402 valence electrons. The molecule has 0 saturated heterocycles. The van der Waals surface area contributed by atoms with Gasteiger partial charge in [0.15, 0.2) is 0 Å². The van der Waals surface area contributed by atoms with E-state index in [4.69, 9.17) is 32.7 Å². The molecule has 1 fully saturated rings. The minimum Gasteiger partial charge on any atom is -0.481 e. The Kier molecular flexibility index (Phi) is 21.2. The highest BCUT2D eigenvalue weighted by molar-refractivity contribution is 6.31. The highest BCUT2D eigenvalue weighted by atomic mass is 35.5. The van der Waals surface area contributed by atoms with Crippen molar-refractivity contribution >= 4 is 52.8 Å². The van der Waals surface area contributed by atoms with Gasteiger partial charge in [-0.25, -0.2) is 4.98 Å². The van der Waals surface area contributed by atoms with Crippen LogP contribution in [-0.2, 0) is 61.7 Å². The summed E-state index contributed by atoms with van der Waals surface area (Å²) in [5.74, 6) is -1.47. The van der Waals surface area contributed by atoms with E-state index in [1.807, 2.05) is 88.9 Å². The summed E-state index contributed by atoms with van der Waals surface area (Å²) in [5, 5.41) is 20.1. The van der Waals surface area contributed by atoms with E-state index < -0.39 is 47.9 Å². The van der Waals surface area contributed by atoms with Crippen LogP contribution in [0.1, 0.15) is 73.8 Å². The van der Waals surface area contributed by atoms with Gasteiger partial charge in [0.1, 0.15) is 23.4 Å². The number of aromatic nitrogens is 3. The molecule has 6 atom stereocenters. The predicted molar refractivity (Wildman–Crippen MR) is 289 cm³/mol. The van der Waals surface area contributed by atoms with Gasteiger partial charge in [0.25, 0.3) is 0 Å². The number of amides is 4. The van der Waals surface area contributed by atoms with Crippen molar-refractivity contribution in [3.05, 3.63) is 130 Å². The standard InChI is InChI=1S/C56H71Cl2N9O8/c1-35-12-11-13-43(61-35)27-40(28-53(69)70)55(72)67(7)48-15-10-9-14-46(48)62-52(68)30-44(26-37-16-21-41(57)22-17-37)65(5)56(73)47(34-74-8)63-54(71)36(2)59-31-39-18-23-42(58)29-50(39)75-45-24-19-38(20-25-45)49-32-60-51(66(49)6)33-64(3)4/h11-13,16-25,29,32,36,40,44,46-48,59H,9-10,14-15,26-28,30-31,33-34H2,1-8H3,(H,62,68)(H,63,71)(H,69,70)/t36?,40?,44?,46-,47?,48-/m0/s1. The average molecular weight is 1070 g/mol. The van der Waals surface area contributed by atoms with Gasteiger partial charge >= 0.3 is 5.97 Å². The van der Waals surface area contributed by atoms with Gasteiger partial charge in [0.05, 0.1) is 49.5 Å². The number of nitrogens with one attached hydrogen (secondary N) is 3. The first-order valence-electron chi connectivity index (χ1n) is 25.3. The molecule has 1 aliphatic carbocycles. The van der Waals surface area contributed by atoms with Crippen molar-refractivity contribution in [3.63, 3.8) is 0 Å². The minimum absolute atomic E-state index is 0.101. The van der Waals surface area contributed by atoms with Gasteiger partial charge in [-0.2, -0.15) is 0 Å². The highest BCUT2D eigenvalue weighted by Gasteiger charge is 2.37. The molecule has 0 spiro atoms. The summed E-state index contributed by atoms with van der Waals surface area (Å²) in [4.78, 5) is 82.8. The summed E-state index contributed by atoms with van der Waals surface area (Å²) in [7, 11) is 10.7. The molecule has 3 aromatic carbocycles. The molecule has 17 nitrogen and oxygen atoms in total.